The molecule has 1 saturated heterocycles. The van der Waals surface area contributed by atoms with E-state index in [1.807, 2.05) is 32.0 Å². The molecule has 4 N–H and O–H groups in total. The number of aromatic hydroxyl groups is 3. The average Bonchev–Trinajstić information content (AvgIpc) is 2.72. The van der Waals surface area contributed by atoms with Crippen LogP contribution in [0.2, 0.25) is 0 Å². The predicted molar refractivity (Wildman–Crippen MR) is 110 cm³/mol. The number of nitrogens with zero attached hydrogens (tertiary/aromatic N) is 1. The van der Waals surface area contributed by atoms with Gasteiger partial charge in [-0.1, -0.05) is 12.1 Å². The molecule has 8 nitrogen and oxygen atoms in total. The van der Waals surface area contributed by atoms with Crippen LogP contribution in [0.4, 0.5) is 0 Å². The summed E-state index contributed by atoms with van der Waals surface area (Å²) in [5, 5.41) is 31.5. The molecule has 0 aliphatic carbocycles. The number of likely N-dealkylation sites (tertiary alicyclic amines) is 1. The minimum absolute atomic E-state index is 0.0645. The minimum atomic E-state index is -0.656. The molecule has 0 radical (unpaired) electrons. The van der Waals surface area contributed by atoms with Crippen molar-refractivity contribution in [2.45, 2.75) is 32.7 Å². The Morgan fingerprint density at radius 1 is 1.10 bits per heavy atom. The smallest absolute Gasteiger partial charge is 0.258 e. The number of benzene rings is 2. The van der Waals surface area contributed by atoms with Gasteiger partial charge in [0.1, 0.15) is 5.75 Å². The number of amides is 2. The number of hydrogen-bond acceptors (Lipinski definition) is 6. The van der Waals surface area contributed by atoms with Crippen LogP contribution < -0.4 is 10.1 Å². The lowest BCUT2D eigenvalue weighted by Gasteiger charge is -2.32. The number of carbonyl (C=O) groups excluding carboxylic acids is 2. The highest BCUT2D eigenvalue weighted by Crippen LogP contribution is 2.35. The molecule has 0 bridgehead atoms. The van der Waals surface area contributed by atoms with Crippen LogP contribution in [0.3, 0.4) is 0 Å². The third-order valence-corrected chi connectivity index (χ3v) is 5.38. The summed E-state index contributed by atoms with van der Waals surface area (Å²) < 4.78 is 5.63. The van der Waals surface area contributed by atoms with Crippen LogP contribution in [-0.4, -0.2) is 57.8 Å². The number of ether oxygens (including phenoxy) is 1. The highest BCUT2D eigenvalue weighted by Gasteiger charge is 2.26. The summed E-state index contributed by atoms with van der Waals surface area (Å²) in [6.45, 7) is 4.70. The quantitative estimate of drug-likeness (QED) is 0.557. The maximum Gasteiger partial charge on any atom is 0.258 e. The van der Waals surface area contributed by atoms with Gasteiger partial charge in [-0.2, -0.15) is 0 Å². The highest BCUT2D eigenvalue weighted by atomic mass is 16.5. The van der Waals surface area contributed by atoms with E-state index in [9.17, 15) is 24.9 Å². The summed E-state index contributed by atoms with van der Waals surface area (Å²) in [5.74, 6) is -1.64. The third-order valence-electron chi connectivity index (χ3n) is 5.38. The fourth-order valence-electron chi connectivity index (χ4n) is 3.43. The molecule has 1 heterocycles. The van der Waals surface area contributed by atoms with Crippen molar-refractivity contribution in [3.8, 4) is 23.0 Å². The van der Waals surface area contributed by atoms with Crippen molar-refractivity contribution in [2.24, 2.45) is 0 Å². The molecule has 0 saturated carbocycles. The first-order valence-corrected chi connectivity index (χ1v) is 9.79. The molecule has 1 aliphatic rings. The molecule has 0 atom stereocenters. The second-order valence-electron chi connectivity index (χ2n) is 7.48. The van der Waals surface area contributed by atoms with Crippen molar-refractivity contribution in [1.29, 1.82) is 0 Å². The highest BCUT2D eigenvalue weighted by molar-refractivity contribution is 5.95. The van der Waals surface area contributed by atoms with E-state index >= 15 is 0 Å². The van der Waals surface area contributed by atoms with Crippen LogP contribution in [-0.2, 0) is 4.79 Å². The number of piperidine rings is 1. The number of phenols is 3. The topological polar surface area (TPSA) is 119 Å². The van der Waals surface area contributed by atoms with E-state index in [2.05, 4.69) is 5.32 Å². The Balaban J connectivity index is 1.49. The molecule has 2 aromatic carbocycles. The van der Waals surface area contributed by atoms with Crippen LogP contribution in [0.25, 0.3) is 0 Å². The summed E-state index contributed by atoms with van der Waals surface area (Å²) in [5.41, 5.74) is 2.19. The Bertz CT molecular complexity index is 928. The molecular formula is C22H26N2O6. The van der Waals surface area contributed by atoms with E-state index in [4.69, 9.17) is 4.74 Å². The minimum Gasteiger partial charge on any atom is -0.504 e. The van der Waals surface area contributed by atoms with Gasteiger partial charge >= 0.3 is 0 Å². The first kappa shape index (κ1) is 21.3. The molecule has 0 spiro atoms. The number of carbonyl (C=O) groups is 2. The molecule has 30 heavy (non-hydrogen) atoms. The van der Waals surface area contributed by atoms with E-state index < -0.39 is 17.2 Å². The zero-order chi connectivity index (χ0) is 21.8. The van der Waals surface area contributed by atoms with E-state index in [1.165, 1.54) is 0 Å². The van der Waals surface area contributed by atoms with Crippen LogP contribution >= 0.6 is 0 Å². The summed E-state index contributed by atoms with van der Waals surface area (Å²) in [7, 11) is 0. The van der Waals surface area contributed by atoms with Gasteiger partial charge in [-0.3, -0.25) is 9.59 Å². The molecule has 0 unspecified atom stereocenters. The fraction of sp³-hybridized carbons (Fsp3) is 0.364. The van der Waals surface area contributed by atoms with Crippen molar-refractivity contribution in [3.05, 3.63) is 47.0 Å². The van der Waals surface area contributed by atoms with Gasteiger partial charge in [-0.15, -0.1) is 0 Å². The SMILES string of the molecule is Cc1cccc(OCC(=O)NC2CCN(C(=O)c3cc(O)c(O)c(O)c3)CC2)c1C. The third kappa shape index (κ3) is 4.76. The standard InChI is InChI=1S/C22H26N2O6/c1-13-4-3-5-19(14(13)2)30-12-20(27)23-16-6-8-24(9-7-16)22(29)15-10-17(25)21(28)18(26)11-15/h3-5,10-11,16,25-26,28H,6-9,12H2,1-2H3,(H,23,27). The lowest BCUT2D eigenvalue weighted by Crippen LogP contribution is -2.47. The molecular weight excluding hydrogens is 388 g/mol. The summed E-state index contributed by atoms with van der Waals surface area (Å²) in [6, 6.07) is 7.88. The molecule has 2 aromatic rings. The fourth-order valence-corrected chi connectivity index (χ4v) is 3.43. The van der Waals surface area contributed by atoms with Gasteiger partial charge in [0.25, 0.3) is 11.8 Å². The van der Waals surface area contributed by atoms with E-state index in [0.717, 1.165) is 23.3 Å². The number of rotatable bonds is 5. The van der Waals surface area contributed by atoms with E-state index in [-0.39, 0.29) is 30.0 Å². The lowest BCUT2D eigenvalue weighted by atomic mass is 10.0. The first-order valence-electron chi connectivity index (χ1n) is 9.79. The number of hydrogen-bond donors (Lipinski definition) is 4. The maximum atomic E-state index is 12.6. The van der Waals surface area contributed by atoms with Crippen molar-refractivity contribution >= 4 is 11.8 Å². The molecule has 1 fully saturated rings. The molecule has 3 rings (SSSR count). The summed E-state index contributed by atoms with van der Waals surface area (Å²) >= 11 is 0. The Morgan fingerprint density at radius 3 is 2.37 bits per heavy atom. The molecule has 8 heteroatoms. The molecule has 1 aliphatic heterocycles. The number of nitrogens with one attached hydrogen (secondary N) is 1. The maximum absolute atomic E-state index is 12.6. The van der Waals surface area contributed by atoms with Gasteiger partial charge in [0.2, 0.25) is 0 Å². The van der Waals surface area contributed by atoms with Gasteiger partial charge in [0, 0.05) is 24.7 Å². The van der Waals surface area contributed by atoms with Gasteiger partial charge in [-0.05, 0) is 56.0 Å². The Hall–Kier alpha value is -3.42. The first-order chi connectivity index (χ1) is 14.3. The van der Waals surface area contributed by atoms with Crippen LogP contribution in [0.5, 0.6) is 23.0 Å². The van der Waals surface area contributed by atoms with Gasteiger partial charge in [0.05, 0.1) is 0 Å². The van der Waals surface area contributed by atoms with E-state index in [1.54, 1.807) is 4.90 Å². The number of phenolic OH excluding ortho intramolecular Hbond substituents is 3. The Labute approximate surface area is 174 Å². The summed E-state index contributed by atoms with van der Waals surface area (Å²) in [4.78, 5) is 26.4. The zero-order valence-electron chi connectivity index (χ0n) is 17.0. The molecule has 2 amide bonds. The summed E-state index contributed by atoms with van der Waals surface area (Å²) in [6.07, 6.45) is 1.16. The van der Waals surface area contributed by atoms with Gasteiger partial charge in [0.15, 0.2) is 23.9 Å². The van der Waals surface area contributed by atoms with Crippen molar-refractivity contribution < 1.29 is 29.6 Å². The van der Waals surface area contributed by atoms with Crippen molar-refractivity contribution in [3.63, 3.8) is 0 Å². The Morgan fingerprint density at radius 2 is 1.73 bits per heavy atom. The van der Waals surface area contributed by atoms with Crippen LogP contribution in [0.15, 0.2) is 30.3 Å². The van der Waals surface area contributed by atoms with Gasteiger partial charge < -0.3 is 30.3 Å². The Kier molecular flexibility index (Phi) is 6.34. The number of aryl methyl sites for hydroxylation is 1. The molecule has 160 valence electrons. The van der Waals surface area contributed by atoms with Crippen LogP contribution in [0, 0.1) is 13.8 Å². The second-order valence-corrected chi connectivity index (χ2v) is 7.48. The monoisotopic (exact) mass is 414 g/mol. The predicted octanol–water partition coefficient (Wildman–Crippen LogP) is 2.22. The normalized spacial score (nSPS) is 14.4. The van der Waals surface area contributed by atoms with Crippen LogP contribution in [0.1, 0.15) is 34.3 Å². The van der Waals surface area contributed by atoms with Crippen molar-refractivity contribution in [1.82, 2.24) is 10.2 Å². The van der Waals surface area contributed by atoms with Gasteiger partial charge in [-0.25, -0.2) is 0 Å². The lowest BCUT2D eigenvalue weighted by molar-refractivity contribution is -0.124. The largest absolute Gasteiger partial charge is 0.504 e. The molecule has 0 aromatic heterocycles. The van der Waals surface area contributed by atoms with Crippen molar-refractivity contribution in [2.75, 3.05) is 19.7 Å². The zero-order valence-corrected chi connectivity index (χ0v) is 17.0. The van der Waals surface area contributed by atoms with E-state index in [0.29, 0.717) is 31.7 Å². The average molecular weight is 414 g/mol. The second kappa shape index (κ2) is 8.94.